The maximum Gasteiger partial charge on any atom is 0.261 e. The summed E-state index contributed by atoms with van der Waals surface area (Å²) >= 11 is 4.67. The third-order valence-electron chi connectivity index (χ3n) is 2.21. The Morgan fingerprint density at radius 2 is 2.41 bits per heavy atom. The van der Waals surface area contributed by atoms with Crippen molar-refractivity contribution >= 4 is 39.0 Å². The largest absolute Gasteiger partial charge is 0.409 e. The molecule has 17 heavy (non-hydrogen) atoms. The molecule has 0 spiro atoms. The van der Waals surface area contributed by atoms with Crippen LogP contribution in [0.15, 0.2) is 21.1 Å². The molecule has 0 bridgehead atoms. The Balaban J connectivity index is 2.59. The normalized spacial score (nSPS) is 13.4. The van der Waals surface area contributed by atoms with Gasteiger partial charge in [-0.15, -0.1) is 11.3 Å². The number of carbonyl (C=O) groups excluding carboxylic acids is 1. The summed E-state index contributed by atoms with van der Waals surface area (Å²) in [4.78, 5) is 12.5. The molecule has 5 nitrogen and oxygen atoms in total. The van der Waals surface area contributed by atoms with E-state index in [1.165, 1.54) is 11.3 Å². The fraction of sp³-hybridized carbons (Fsp3) is 0.400. The lowest BCUT2D eigenvalue weighted by atomic mass is 10.1. The first-order valence-corrected chi connectivity index (χ1v) is 6.70. The topological polar surface area (TPSA) is 87.7 Å². The number of nitrogens with one attached hydrogen (secondary N) is 1. The monoisotopic (exact) mass is 319 g/mol. The number of oxime groups is 1. The molecule has 94 valence electrons. The zero-order valence-electron chi connectivity index (χ0n) is 9.31. The first-order valence-electron chi connectivity index (χ1n) is 5.09. The van der Waals surface area contributed by atoms with Gasteiger partial charge >= 0.3 is 0 Å². The van der Waals surface area contributed by atoms with Crippen molar-refractivity contribution in [3.8, 4) is 0 Å². The van der Waals surface area contributed by atoms with Crippen molar-refractivity contribution in [2.45, 2.75) is 25.8 Å². The number of carbonyl (C=O) groups is 1. The van der Waals surface area contributed by atoms with Gasteiger partial charge in [0.05, 0.1) is 8.66 Å². The molecule has 0 aliphatic carbocycles. The Hall–Kier alpha value is -1.08. The van der Waals surface area contributed by atoms with Gasteiger partial charge in [0.15, 0.2) is 0 Å². The lowest BCUT2D eigenvalue weighted by molar-refractivity contribution is 0.0941. The fourth-order valence-corrected chi connectivity index (χ4v) is 2.57. The Bertz CT molecular complexity index is 419. The molecule has 0 radical (unpaired) electrons. The van der Waals surface area contributed by atoms with E-state index in [-0.39, 0.29) is 17.8 Å². The van der Waals surface area contributed by atoms with Crippen LogP contribution in [-0.4, -0.2) is 23.0 Å². The number of amides is 1. The van der Waals surface area contributed by atoms with Gasteiger partial charge in [-0.05, 0) is 34.5 Å². The van der Waals surface area contributed by atoms with E-state index in [0.717, 1.165) is 3.79 Å². The second-order valence-electron chi connectivity index (χ2n) is 3.48. The van der Waals surface area contributed by atoms with E-state index in [9.17, 15) is 4.79 Å². The van der Waals surface area contributed by atoms with Crippen LogP contribution in [0, 0.1) is 0 Å². The van der Waals surface area contributed by atoms with E-state index in [1.54, 1.807) is 6.07 Å². The van der Waals surface area contributed by atoms with Crippen LogP contribution in [0.3, 0.4) is 0 Å². The second kappa shape index (κ2) is 6.61. The molecule has 1 aromatic heterocycles. The van der Waals surface area contributed by atoms with Gasteiger partial charge in [-0.1, -0.05) is 12.1 Å². The molecule has 0 saturated carbocycles. The standard InChI is InChI=1S/C10H14BrN3O2S/c1-2-6(5-9(12)14-16)13-10(15)7-3-4-8(11)17-7/h3-4,6,16H,2,5H2,1H3,(H2,12,14)(H,13,15). The Morgan fingerprint density at radius 3 is 2.88 bits per heavy atom. The summed E-state index contributed by atoms with van der Waals surface area (Å²) in [7, 11) is 0. The number of amidine groups is 1. The molecule has 1 atom stereocenters. The highest BCUT2D eigenvalue weighted by Crippen LogP contribution is 2.22. The molecule has 1 unspecified atom stereocenters. The third kappa shape index (κ3) is 4.35. The van der Waals surface area contributed by atoms with Crippen molar-refractivity contribution in [3.05, 3.63) is 20.8 Å². The maximum atomic E-state index is 11.8. The van der Waals surface area contributed by atoms with Crippen LogP contribution >= 0.6 is 27.3 Å². The van der Waals surface area contributed by atoms with Crippen LogP contribution in [0.5, 0.6) is 0 Å². The van der Waals surface area contributed by atoms with Crippen LogP contribution in [0.2, 0.25) is 0 Å². The molecule has 0 aliphatic rings. The van der Waals surface area contributed by atoms with Crippen molar-refractivity contribution in [1.29, 1.82) is 0 Å². The van der Waals surface area contributed by atoms with E-state index in [4.69, 9.17) is 10.9 Å². The fourth-order valence-electron chi connectivity index (χ4n) is 1.28. The van der Waals surface area contributed by atoms with E-state index < -0.39 is 0 Å². The number of thiophene rings is 1. The van der Waals surface area contributed by atoms with Crippen LogP contribution in [-0.2, 0) is 0 Å². The molecule has 7 heteroatoms. The van der Waals surface area contributed by atoms with Gasteiger partial charge in [0.2, 0.25) is 0 Å². The number of rotatable bonds is 5. The molecule has 0 aliphatic heterocycles. The average Bonchev–Trinajstić information content (AvgIpc) is 2.74. The molecule has 0 saturated heterocycles. The average molecular weight is 320 g/mol. The van der Waals surface area contributed by atoms with Crippen LogP contribution < -0.4 is 11.1 Å². The quantitative estimate of drug-likeness (QED) is 0.336. The summed E-state index contributed by atoms with van der Waals surface area (Å²) in [5.41, 5.74) is 5.41. The van der Waals surface area contributed by atoms with Crippen molar-refractivity contribution < 1.29 is 10.0 Å². The molecule has 1 heterocycles. The molecule has 1 amide bonds. The Labute approximate surface area is 112 Å². The van der Waals surface area contributed by atoms with Gasteiger partial charge in [-0.25, -0.2) is 0 Å². The minimum atomic E-state index is -0.140. The highest BCUT2D eigenvalue weighted by atomic mass is 79.9. The van der Waals surface area contributed by atoms with E-state index in [2.05, 4.69) is 26.4 Å². The summed E-state index contributed by atoms with van der Waals surface area (Å²) < 4.78 is 0.909. The minimum absolute atomic E-state index is 0.115. The molecule has 4 N–H and O–H groups in total. The molecule has 1 aromatic rings. The number of hydrogen-bond acceptors (Lipinski definition) is 4. The summed E-state index contributed by atoms with van der Waals surface area (Å²) in [6.45, 7) is 1.93. The highest BCUT2D eigenvalue weighted by molar-refractivity contribution is 9.11. The van der Waals surface area contributed by atoms with Gasteiger partial charge in [-0.2, -0.15) is 0 Å². The molecular weight excluding hydrogens is 306 g/mol. The first kappa shape index (κ1) is 14.0. The van der Waals surface area contributed by atoms with Gasteiger partial charge in [0.1, 0.15) is 5.84 Å². The summed E-state index contributed by atoms with van der Waals surface area (Å²) in [6, 6.07) is 3.45. The zero-order chi connectivity index (χ0) is 12.8. The Kier molecular flexibility index (Phi) is 5.43. The smallest absolute Gasteiger partial charge is 0.261 e. The summed E-state index contributed by atoms with van der Waals surface area (Å²) in [5, 5.41) is 14.2. The van der Waals surface area contributed by atoms with Crippen LogP contribution in [0.25, 0.3) is 0 Å². The van der Waals surface area contributed by atoms with Crippen molar-refractivity contribution in [2.24, 2.45) is 10.9 Å². The maximum absolute atomic E-state index is 11.8. The molecule has 0 aromatic carbocycles. The van der Waals surface area contributed by atoms with Crippen molar-refractivity contribution in [1.82, 2.24) is 5.32 Å². The summed E-state index contributed by atoms with van der Waals surface area (Å²) in [5.74, 6) is -0.0252. The van der Waals surface area contributed by atoms with Crippen molar-refractivity contribution in [2.75, 3.05) is 0 Å². The molecule has 0 fully saturated rings. The van der Waals surface area contributed by atoms with Gasteiger partial charge < -0.3 is 16.3 Å². The predicted octanol–water partition coefficient (Wildman–Crippen LogP) is 2.16. The minimum Gasteiger partial charge on any atom is -0.409 e. The zero-order valence-corrected chi connectivity index (χ0v) is 11.7. The molecular formula is C10H14BrN3O2S. The van der Waals surface area contributed by atoms with Crippen LogP contribution in [0.1, 0.15) is 29.4 Å². The highest BCUT2D eigenvalue weighted by Gasteiger charge is 2.15. The van der Waals surface area contributed by atoms with Gasteiger partial charge in [-0.3, -0.25) is 4.79 Å². The van der Waals surface area contributed by atoms with Gasteiger partial charge in [0.25, 0.3) is 5.91 Å². The summed E-state index contributed by atoms with van der Waals surface area (Å²) in [6.07, 6.45) is 1.06. The number of nitrogens with two attached hydrogens (primary N) is 1. The lowest BCUT2D eigenvalue weighted by Crippen LogP contribution is -2.37. The Morgan fingerprint density at radius 1 is 1.71 bits per heavy atom. The third-order valence-corrected chi connectivity index (χ3v) is 3.83. The SMILES string of the molecule is CCC(CC(N)=NO)NC(=O)c1ccc(Br)s1. The van der Waals surface area contributed by atoms with E-state index >= 15 is 0 Å². The van der Waals surface area contributed by atoms with Crippen LogP contribution in [0.4, 0.5) is 0 Å². The number of hydrogen-bond donors (Lipinski definition) is 3. The van der Waals surface area contributed by atoms with E-state index in [0.29, 0.717) is 17.7 Å². The lowest BCUT2D eigenvalue weighted by Gasteiger charge is -2.15. The van der Waals surface area contributed by atoms with Crippen molar-refractivity contribution in [3.63, 3.8) is 0 Å². The number of nitrogens with zero attached hydrogens (tertiary/aromatic N) is 1. The number of halogens is 1. The first-order chi connectivity index (χ1) is 8.06. The van der Waals surface area contributed by atoms with Gasteiger partial charge in [0, 0.05) is 12.5 Å². The second-order valence-corrected chi connectivity index (χ2v) is 5.94. The molecule has 1 rings (SSSR count). The predicted molar refractivity (Wildman–Crippen MR) is 71.6 cm³/mol. The van der Waals surface area contributed by atoms with E-state index in [1.807, 2.05) is 13.0 Å².